The van der Waals surface area contributed by atoms with Crippen LogP contribution in [0.3, 0.4) is 0 Å². The van der Waals surface area contributed by atoms with Gasteiger partial charge in [0.1, 0.15) is 23.5 Å². The summed E-state index contributed by atoms with van der Waals surface area (Å²) < 4.78 is 10.6. The summed E-state index contributed by atoms with van der Waals surface area (Å²) in [5, 5.41) is 9.48. The maximum Gasteiger partial charge on any atom is 0.319 e. The molecule has 12 heteroatoms. The van der Waals surface area contributed by atoms with E-state index in [-0.39, 0.29) is 18.0 Å². The van der Waals surface area contributed by atoms with Gasteiger partial charge in [-0.1, -0.05) is 18.2 Å². The van der Waals surface area contributed by atoms with Crippen molar-refractivity contribution in [1.29, 1.82) is 0 Å². The number of benzene rings is 2. The van der Waals surface area contributed by atoms with Gasteiger partial charge >= 0.3 is 6.03 Å². The number of ether oxygens (including phenoxy) is 2. The van der Waals surface area contributed by atoms with Crippen molar-refractivity contribution >= 4 is 35.0 Å². The maximum atomic E-state index is 13.0. The predicted molar refractivity (Wildman–Crippen MR) is 177 cm³/mol. The van der Waals surface area contributed by atoms with Gasteiger partial charge in [-0.3, -0.25) is 9.69 Å². The van der Waals surface area contributed by atoms with E-state index < -0.39 is 0 Å². The summed E-state index contributed by atoms with van der Waals surface area (Å²) in [5.41, 5.74) is 5.05. The van der Waals surface area contributed by atoms with Crippen LogP contribution < -0.4 is 30.5 Å². The van der Waals surface area contributed by atoms with E-state index in [1.165, 1.54) is 0 Å². The molecule has 46 heavy (non-hydrogen) atoms. The zero-order valence-corrected chi connectivity index (χ0v) is 26.2. The first kappa shape index (κ1) is 30.8. The molecule has 1 fully saturated rings. The van der Waals surface area contributed by atoms with Crippen LogP contribution >= 0.6 is 0 Å². The van der Waals surface area contributed by atoms with Crippen molar-refractivity contribution in [2.75, 3.05) is 55.6 Å². The van der Waals surface area contributed by atoms with E-state index in [1.807, 2.05) is 68.7 Å². The lowest BCUT2D eigenvalue weighted by atomic mass is 10.1. The Morgan fingerprint density at radius 3 is 2.63 bits per heavy atom. The lowest BCUT2D eigenvalue weighted by Gasteiger charge is -2.31. The first-order valence-corrected chi connectivity index (χ1v) is 15.4. The smallest absolute Gasteiger partial charge is 0.319 e. The molecule has 12 nitrogen and oxygen atoms in total. The van der Waals surface area contributed by atoms with E-state index in [2.05, 4.69) is 30.8 Å². The molecule has 1 saturated heterocycles. The van der Waals surface area contributed by atoms with Crippen LogP contribution in [0.15, 0.2) is 90.1 Å². The highest BCUT2D eigenvalue weighted by Crippen LogP contribution is 2.28. The number of nitrogens with zero attached hydrogens (tertiary/aromatic N) is 4. The number of amides is 3. The number of carbonyl (C=O) groups excluding carboxylic acids is 2. The van der Waals surface area contributed by atoms with Crippen LogP contribution in [0.25, 0.3) is 0 Å². The number of methoxy groups -OCH3 is 1. The number of urea groups is 1. The second kappa shape index (κ2) is 13.8. The highest BCUT2D eigenvalue weighted by Gasteiger charge is 2.32. The van der Waals surface area contributed by atoms with Crippen LogP contribution in [-0.2, 0) is 11.2 Å². The number of rotatable bonds is 9. The fourth-order valence-electron chi connectivity index (χ4n) is 5.73. The molecule has 0 bridgehead atoms. The molecule has 3 aliphatic heterocycles. The van der Waals surface area contributed by atoms with Crippen LogP contribution in [0.2, 0.25) is 0 Å². The molecule has 3 aliphatic rings. The van der Waals surface area contributed by atoms with Crippen LogP contribution in [0.5, 0.6) is 5.75 Å². The molecule has 6 rings (SSSR count). The normalized spacial score (nSPS) is 17.8. The number of hydrogen-bond acceptors (Lipinski definition) is 8. The molecule has 2 atom stereocenters. The minimum absolute atomic E-state index is 0.0465. The first-order chi connectivity index (χ1) is 22.4. The molecular formula is C34H39N8O4+. The molecule has 0 saturated carbocycles. The minimum Gasteiger partial charge on any atom is -0.497 e. The molecule has 3 aromatic rings. The Balaban J connectivity index is 1.13. The second-order valence-corrected chi connectivity index (χ2v) is 11.5. The van der Waals surface area contributed by atoms with Gasteiger partial charge in [0.25, 0.3) is 11.7 Å². The van der Waals surface area contributed by atoms with Gasteiger partial charge in [-0.2, -0.15) is 4.99 Å². The number of amidine groups is 1. The van der Waals surface area contributed by atoms with Gasteiger partial charge in [-0.15, -0.1) is 0 Å². The third kappa shape index (κ3) is 7.03. The minimum atomic E-state index is -0.262. The Bertz CT molecular complexity index is 1660. The van der Waals surface area contributed by atoms with Crippen LogP contribution in [0.4, 0.5) is 22.0 Å². The highest BCUT2D eigenvalue weighted by molar-refractivity contribution is 5.98. The number of aromatic nitrogens is 1. The van der Waals surface area contributed by atoms with Crippen molar-refractivity contribution in [2.24, 2.45) is 4.99 Å². The summed E-state index contributed by atoms with van der Waals surface area (Å²) >= 11 is 0. The molecule has 0 radical (unpaired) electrons. The average molecular weight is 624 g/mol. The number of hydrogen-bond donors (Lipinski definition) is 4. The van der Waals surface area contributed by atoms with Crippen molar-refractivity contribution in [3.63, 3.8) is 0 Å². The number of quaternary nitrogens is 1. The van der Waals surface area contributed by atoms with Crippen LogP contribution in [0.1, 0.15) is 28.4 Å². The monoisotopic (exact) mass is 623 g/mol. The SMILES string of the molecule is COc1ccc(CC(C)NC(=O)Nc2cccc(N3C=C(Nc4ccc(C(=O)N5CCOCC5)cn4)C4=NC=C[NH+]4C3)c2C)cc1. The number of morpholine rings is 1. The lowest BCUT2D eigenvalue weighted by Crippen LogP contribution is -3.12. The van der Waals surface area contributed by atoms with Gasteiger partial charge in [0.15, 0.2) is 6.67 Å². The Morgan fingerprint density at radius 2 is 1.89 bits per heavy atom. The predicted octanol–water partition coefficient (Wildman–Crippen LogP) is 3.12. The zero-order valence-electron chi connectivity index (χ0n) is 26.2. The molecule has 2 unspecified atom stereocenters. The summed E-state index contributed by atoms with van der Waals surface area (Å²) in [7, 11) is 1.64. The van der Waals surface area contributed by atoms with Gasteiger partial charge in [0, 0.05) is 37.2 Å². The van der Waals surface area contributed by atoms with E-state index in [0.717, 1.165) is 44.7 Å². The van der Waals surface area contributed by atoms with E-state index in [1.54, 1.807) is 36.5 Å². The molecule has 2 aromatic carbocycles. The third-order valence-corrected chi connectivity index (χ3v) is 8.18. The summed E-state index contributed by atoms with van der Waals surface area (Å²) in [4.78, 5) is 39.9. The van der Waals surface area contributed by atoms with Gasteiger partial charge in [0.2, 0.25) is 0 Å². The Kier molecular flexibility index (Phi) is 9.27. The largest absolute Gasteiger partial charge is 0.497 e. The molecule has 238 valence electrons. The van der Waals surface area contributed by atoms with Crippen molar-refractivity contribution in [1.82, 2.24) is 15.2 Å². The second-order valence-electron chi connectivity index (χ2n) is 11.5. The summed E-state index contributed by atoms with van der Waals surface area (Å²) in [6, 6.07) is 17.0. The Hall–Kier alpha value is -5.20. The Labute approximate surface area is 268 Å². The highest BCUT2D eigenvalue weighted by atomic mass is 16.5. The molecular weight excluding hydrogens is 584 g/mol. The summed E-state index contributed by atoms with van der Waals surface area (Å²) in [6.07, 6.45) is 8.10. The number of anilines is 3. The molecule has 0 aliphatic carbocycles. The quantitative estimate of drug-likeness (QED) is 0.289. The number of nitrogens with one attached hydrogen (secondary N) is 4. The van der Waals surface area contributed by atoms with Crippen molar-refractivity contribution in [3.05, 3.63) is 102 Å². The molecule has 1 aromatic heterocycles. The van der Waals surface area contributed by atoms with Gasteiger partial charge in [-0.25, -0.2) is 14.7 Å². The van der Waals surface area contributed by atoms with Gasteiger partial charge in [0.05, 0.1) is 37.8 Å². The van der Waals surface area contributed by atoms with Crippen molar-refractivity contribution in [3.8, 4) is 5.75 Å². The van der Waals surface area contributed by atoms with Crippen LogP contribution in [-0.4, -0.2) is 73.8 Å². The fourth-order valence-corrected chi connectivity index (χ4v) is 5.73. The number of pyridine rings is 1. The van der Waals surface area contributed by atoms with E-state index >= 15 is 0 Å². The maximum absolute atomic E-state index is 13.0. The van der Waals surface area contributed by atoms with E-state index in [0.29, 0.717) is 50.8 Å². The lowest BCUT2D eigenvalue weighted by molar-refractivity contribution is -0.743. The molecule has 4 N–H and O–H groups in total. The topological polar surface area (TPSA) is 125 Å². The average Bonchev–Trinajstić information content (AvgIpc) is 3.56. The Morgan fingerprint density at radius 1 is 1.09 bits per heavy atom. The van der Waals surface area contributed by atoms with E-state index in [4.69, 9.17) is 9.47 Å². The number of aliphatic imine (C=N–C) groups is 1. The summed E-state index contributed by atoms with van der Waals surface area (Å²) in [5.74, 6) is 2.21. The van der Waals surface area contributed by atoms with Crippen molar-refractivity contribution < 1.29 is 24.0 Å². The zero-order chi connectivity index (χ0) is 32.0. The standard InChI is InChI=1S/C34H38N8O4/c1-23(19-25-7-10-27(45-3)11-8-25)37-34(44)39-28-5-4-6-30(24(28)2)42-21-29(32-35-13-14-41(32)22-42)38-31-12-9-26(20-36-31)33(43)40-15-17-46-18-16-40/h4-14,20-21,23H,15-19,22H2,1-3H3,(H,36,38)(H2,37,39,44)/p+1. The molecule has 4 heterocycles. The third-order valence-electron chi connectivity index (χ3n) is 8.18. The number of carbonyl (C=O) groups is 2. The number of fused-ring (bicyclic) bond motifs is 1. The fraction of sp³-hybridized carbons (Fsp3) is 0.294. The van der Waals surface area contributed by atoms with Crippen LogP contribution in [0, 0.1) is 6.92 Å². The van der Waals surface area contributed by atoms with Gasteiger partial charge in [-0.05, 0) is 67.8 Å². The van der Waals surface area contributed by atoms with Gasteiger partial charge < -0.3 is 30.3 Å². The molecule has 0 spiro atoms. The van der Waals surface area contributed by atoms with Crippen molar-refractivity contribution in [2.45, 2.75) is 26.3 Å². The first-order valence-electron chi connectivity index (χ1n) is 15.4. The summed E-state index contributed by atoms with van der Waals surface area (Å²) in [6.45, 7) is 6.86. The molecule has 3 amide bonds. The van der Waals surface area contributed by atoms with E-state index in [9.17, 15) is 9.59 Å².